The van der Waals surface area contributed by atoms with Gasteiger partial charge in [0.15, 0.2) is 0 Å². The number of carbonyl (C=O) groups excluding carboxylic acids is 1. The van der Waals surface area contributed by atoms with Crippen molar-refractivity contribution in [3.63, 3.8) is 0 Å². The zero-order valence-electron chi connectivity index (χ0n) is 12.8. The van der Waals surface area contributed by atoms with Crippen molar-refractivity contribution in [1.29, 1.82) is 0 Å². The maximum Gasteiger partial charge on any atom is 0.224 e. The molecule has 1 saturated carbocycles. The average molecular weight is 274 g/mol. The lowest BCUT2D eigenvalue weighted by Crippen LogP contribution is -2.30. The Bertz CT molecular complexity index is 448. The predicted octanol–water partition coefficient (Wildman–Crippen LogP) is 4.27. The molecular formula is C17H26N2O. The minimum Gasteiger partial charge on any atom is -0.382 e. The van der Waals surface area contributed by atoms with Crippen molar-refractivity contribution in [3.8, 4) is 0 Å². The van der Waals surface area contributed by atoms with E-state index >= 15 is 0 Å². The molecule has 20 heavy (non-hydrogen) atoms. The van der Waals surface area contributed by atoms with Crippen LogP contribution < -0.4 is 10.6 Å². The fourth-order valence-electron chi connectivity index (χ4n) is 3.24. The van der Waals surface area contributed by atoms with E-state index in [1.165, 1.54) is 19.3 Å². The summed E-state index contributed by atoms with van der Waals surface area (Å²) < 4.78 is 0. The molecule has 2 rings (SSSR count). The number of anilines is 2. The second-order valence-electron chi connectivity index (χ2n) is 6.24. The van der Waals surface area contributed by atoms with Gasteiger partial charge in [-0.2, -0.15) is 0 Å². The number of amides is 1. The monoisotopic (exact) mass is 274 g/mol. The van der Waals surface area contributed by atoms with E-state index in [0.29, 0.717) is 12.5 Å². The van der Waals surface area contributed by atoms with Crippen LogP contribution in [-0.4, -0.2) is 11.9 Å². The summed E-state index contributed by atoms with van der Waals surface area (Å²) in [5.74, 6) is 1.64. The van der Waals surface area contributed by atoms with Crippen molar-refractivity contribution >= 4 is 17.3 Å². The summed E-state index contributed by atoms with van der Waals surface area (Å²) in [5, 5.41) is 6.53. The molecule has 0 aliphatic heterocycles. The summed E-state index contributed by atoms with van der Waals surface area (Å²) in [6, 6.07) is 8.57. The highest BCUT2D eigenvalue weighted by molar-refractivity contribution is 5.90. The van der Waals surface area contributed by atoms with Crippen LogP contribution in [0.4, 0.5) is 11.4 Å². The van der Waals surface area contributed by atoms with E-state index in [9.17, 15) is 4.79 Å². The summed E-state index contributed by atoms with van der Waals surface area (Å²) in [6.07, 6.45) is 4.31. The minimum atomic E-state index is 0.0575. The van der Waals surface area contributed by atoms with Gasteiger partial charge in [0.25, 0.3) is 0 Å². The normalized spacial score (nSPS) is 26.1. The van der Waals surface area contributed by atoms with Gasteiger partial charge in [-0.3, -0.25) is 4.79 Å². The molecular weight excluding hydrogens is 248 g/mol. The fraction of sp³-hybridized carbons (Fsp3) is 0.588. The molecule has 1 aliphatic carbocycles. The molecule has 1 aromatic rings. The molecule has 3 nitrogen and oxygen atoms in total. The molecule has 1 fully saturated rings. The van der Waals surface area contributed by atoms with E-state index in [2.05, 4.69) is 30.5 Å². The van der Waals surface area contributed by atoms with Gasteiger partial charge in [0.2, 0.25) is 5.91 Å². The van der Waals surface area contributed by atoms with Crippen LogP contribution in [0.3, 0.4) is 0 Å². The van der Waals surface area contributed by atoms with Gasteiger partial charge < -0.3 is 10.6 Å². The summed E-state index contributed by atoms with van der Waals surface area (Å²) >= 11 is 0. The van der Waals surface area contributed by atoms with Gasteiger partial charge in [0.05, 0.1) is 0 Å². The van der Waals surface area contributed by atoms with Crippen LogP contribution in [0, 0.1) is 11.8 Å². The number of nitrogens with one attached hydrogen (secondary N) is 2. The molecule has 2 N–H and O–H groups in total. The van der Waals surface area contributed by atoms with Crippen LogP contribution in [0.2, 0.25) is 0 Å². The van der Waals surface area contributed by atoms with E-state index in [4.69, 9.17) is 0 Å². The first kappa shape index (κ1) is 14.9. The summed E-state index contributed by atoms with van der Waals surface area (Å²) in [7, 11) is 0. The maximum absolute atomic E-state index is 11.4. The summed E-state index contributed by atoms with van der Waals surface area (Å²) in [6.45, 7) is 6.53. The number of hydrogen-bond donors (Lipinski definition) is 2. The molecule has 0 spiro atoms. The Morgan fingerprint density at radius 1 is 1.15 bits per heavy atom. The molecule has 0 saturated heterocycles. The fourth-order valence-corrected chi connectivity index (χ4v) is 3.24. The zero-order valence-corrected chi connectivity index (χ0v) is 12.8. The zero-order chi connectivity index (χ0) is 14.5. The van der Waals surface area contributed by atoms with Gasteiger partial charge in [-0.1, -0.05) is 26.8 Å². The molecule has 1 aromatic carbocycles. The average Bonchev–Trinajstić information content (AvgIpc) is 2.37. The quantitative estimate of drug-likeness (QED) is 0.860. The van der Waals surface area contributed by atoms with Crippen LogP contribution in [0.5, 0.6) is 0 Å². The van der Waals surface area contributed by atoms with Gasteiger partial charge >= 0.3 is 0 Å². The Hall–Kier alpha value is -1.51. The van der Waals surface area contributed by atoms with E-state index < -0.39 is 0 Å². The molecule has 0 radical (unpaired) electrons. The van der Waals surface area contributed by atoms with E-state index in [1.54, 1.807) is 0 Å². The van der Waals surface area contributed by atoms with Crippen molar-refractivity contribution in [3.05, 3.63) is 24.3 Å². The first-order chi connectivity index (χ1) is 9.56. The van der Waals surface area contributed by atoms with Crippen molar-refractivity contribution in [2.24, 2.45) is 11.8 Å². The Kier molecular flexibility index (Phi) is 5.05. The van der Waals surface area contributed by atoms with E-state index in [0.717, 1.165) is 23.2 Å². The van der Waals surface area contributed by atoms with Gasteiger partial charge in [-0.15, -0.1) is 0 Å². The third kappa shape index (κ3) is 4.26. The van der Waals surface area contributed by atoms with Crippen molar-refractivity contribution < 1.29 is 4.79 Å². The van der Waals surface area contributed by atoms with E-state index in [-0.39, 0.29) is 5.91 Å². The van der Waals surface area contributed by atoms with Crippen molar-refractivity contribution in [2.45, 2.75) is 52.5 Å². The third-order valence-electron chi connectivity index (χ3n) is 4.02. The first-order valence-electron chi connectivity index (χ1n) is 7.73. The lowest BCUT2D eigenvalue weighted by Gasteiger charge is -2.32. The van der Waals surface area contributed by atoms with Crippen LogP contribution in [0.25, 0.3) is 0 Å². The molecule has 2 unspecified atom stereocenters. The number of benzene rings is 1. The second-order valence-corrected chi connectivity index (χ2v) is 6.24. The Balaban J connectivity index is 1.98. The van der Waals surface area contributed by atoms with Gasteiger partial charge in [-0.05, 0) is 49.3 Å². The molecule has 3 heteroatoms. The molecule has 0 aromatic heterocycles. The summed E-state index contributed by atoms with van der Waals surface area (Å²) in [5.41, 5.74) is 1.98. The molecule has 1 aliphatic rings. The molecule has 0 bridgehead atoms. The van der Waals surface area contributed by atoms with Crippen LogP contribution in [-0.2, 0) is 4.79 Å². The molecule has 1 amide bonds. The standard InChI is InChI=1S/C17H26N2O/c1-4-17(20)19-15-7-5-6-14(11-15)18-16-9-12(2)8-13(3)10-16/h5-7,11-13,16,18H,4,8-10H2,1-3H3,(H,19,20). The molecule has 2 atom stereocenters. The van der Waals surface area contributed by atoms with Gasteiger partial charge in [0, 0.05) is 23.8 Å². The Morgan fingerprint density at radius 2 is 1.80 bits per heavy atom. The Morgan fingerprint density at radius 3 is 2.45 bits per heavy atom. The largest absolute Gasteiger partial charge is 0.382 e. The van der Waals surface area contributed by atoms with Gasteiger partial charge in [0.1, 0.15) is 0 Å². The highest BCUT2D eigenvalue weighted by atomic mass is 16.1. The molecule has 0 heterocycles. The lowest BCUT2D eigenvalue weighted by atomic mass is 9.80. The number of rotatable bonds is 4. The predicted molar refractivity (Wildman–Crippen MR) is 85.0 cm³/mol. The topological polar surface area (TPSA) is 41.1 Å². The van der Waals surface area contributed by atoms with Gasteiger partial charge in [-0.25, -0.2) is 0 Å². The first-order valence-corrected chi connectivity index (χ1v) is 7.73. The van der Waals surface area contributed by atoms with Crippen LogP contribution >= 0.6 is 0 Å². The maximum atomic E-state index is 11.4. The van der Waals surface area contributed by atoms with Crippen LogP contribution in [0.1, 0.15) is 46.5 Å². The molecule has 110 valence electrons. The van der Waals surface area contributed by atoms with Crippen molar-refractivity contribution in [2.75, 3.05) is 10.6 Å². The van der Waals surface area contributed by atoms with E-state index in [1.807, 2.05) is 25.1 Å². The number of carbonyl (C=O) groups is 1. The highest BCUT2D eigenvalue weighted by Crippen LogP contribution is 2.30. The third-order valence-corrected chi connectivity index (χ3v) is 4.02. The smallest absolute Gasteiger partial charge is 0.224 e. The van der Waals surface area contributed by atoms with Crippen LogP contribution in [0.15, 0.2) is 24.3 Å². The highest BCUT2D eigenvalue weighted by Gasteiger charge is 2.23. The lowest BCUT2D eigenvalue weighted by molar-refractivity contribution is -0.115. The number of hydrogen-bond acceptors (Lipinski definition) is 2. The van der Waals surface area contributed by atoms with Crippen molar-refractivity contribution in [1.82, 2.24) is 0 Å². The second kappa shape index (κ2) is 6.78. The summed E-state index contributed by atoms with van der Waals surface area (Å²) in [4.78, 5) is 11.4. The minimum absolute atomic E-state index is 0.0575. The SMILES string of the molecule is CCC(=O)Nc1cccc(NC2CC(C)CC(C)C2)c1. The Labute approximate surface area is 122 Å².